The van der Waals surface area contributed by atoms with Crippen LogP contribution in [0, 0.1) is 11.7 Å². The number of benzene rings is 1. The summed E-state index contributed by atoms with van der Waals surface area (Å²) in [5.41, 5.74) is 2.81. The highest BCUT2D eigenvalue weighted by molar-refractivity contribution is 6.30. The first-order valence-electron chi connectivity index (χ1n) is 10.0. The second-order valence-corrected chi connectivity index (χ2v) is 8.19. The van der Waals surface area contributed by atoms with Gasteiger partial charge in [-0.3, -0.25) is 4.79 Å². The van der Waals surface area contributed by atoms with Gasteiger partial charge in [0.15, 0.2) is 5.82 Å². The van der Waals surface area contributed by atoms with Crippen LogP contribution in [-0.2, 0) is 4.79 Å². The third-order valence-corrected chi connectivity index (χ3v) is 5.84. The molecule has 0 spiro atoms. The molecule has 1 amide bonds. The second-order valence-electron chi connectivity index (χ2n) is 7.75. The van der Waals surface area contributed by atoms with Crippen LogP contribution in [0.2, 0.25) is 5.02 Å². The van der Waals surface area contributed by atoms with Crippen LogP contribution in [0.4, 0.5) is 10.3 Å². The number of aliphatic hydroxyl groups is 1. The Bertz CT molecular complexity index is 1090. The van der Waals surface area contributed by atoms with Crippen molar-refractivity contribution in [2.24, 2.45) is 5.92 Å². The molecule has 4 N–H and O–H groups in total. The Morgan fingerprint density at radius 1 is 1.23 bits per heavy atom. The van der Waals surface area contributed by atoms with Crippen LogP contribution < -0.4 is 10.6 Å². The van der Waals surface area contributed by atoms with E-state index in [4.69, 9.17) is 11.6 Å². The molecule has 1 aromatic carbocycles. The monoisotopic (exact) mass is 443 g/mol. The third-order valence-electron chi connectivity index (χ3n) is 5.58. The minimum atomic E-state index is -0.860. The lowest BCUT2D eigenvalue weighted by Gasteiger charge is -2.20. The molecule has 162 valence electrons. The number of halogens is 2. The van der Waals surface area contributed by atoms with Gasteiger partial charge in [-0.25, -0.2) is 14.4 Å². The lowest BCUT2D eigenvalue weighted by Crippen LogP contribution is -2.26. The molecule has 31 heavy (non-hydrogen) atoms. The van der Waals surface area contributed by atoms with E-state index >= 15 is 0 Å². The van der Waals surface area contributed by atoms with Gasteiger partial charge in [0, 0.05) is 28.9 Å². The van der Waals surface area contributed by atoms with E-state index in [0.29, 0.717) is 5.02 Å². The maximum absolute atomic E-state index is 14.5. The number of carbonyl (C=O) groups excluding carboxylic acids is 1. The SMILES string of the molecule is C[C@@H](Nc1ncc(F)c([C@@H]2C(=O)NCC2[C@@H](C)O)n1)c1ccc(-c2ccc(Cl)cc2)[nH]1. The highest BCUT2D eigenvalue weighted by Crippen LogP contribution is 2.32. The van der Waals surface area contributed by atoms with Crippen molar-refractivity contribution in [2.45, 2.75) is 31.9 Å². The summed E-state index contributed by atoms with van der Waals surface area (Å²) < 4.78 is 14.5. The number of hydrogen-bond acceptors (Lipinski definition) is 5. The molecule has 1 aliphatic heterocycles. The van der Waals surface area contributed by atoms with Crippen molar-refractivity contribution in [3.8, 4) is 11.3 Å². The summed E-state index contributed by atoms with van der Waals surface area (Å²) in [6, 6.07) is 11.2. The van der Waals surface area contributed by atoms with E-state index in [9.17, 15) is 14.3 Å². The number of anilines is 1. The Hall–Kier alpha value is -2.97. The lowest BCUT2D eigenvalue weighted by molar-refractivity contribution is -0.121. The van der Waals surface area contributed by atoms with Crippen molar-refractivity contribution < 1.29 is 14.3 Å². The number of amides is 1. The van der Waals surface area contributed by atoms with E-state index in [1.165, 1.54) is 0 Å². The molecule has 0 radical (unpaired) electrons. The molecule has 0 aliphatic carbocycles. The molecule has 2 aromatic heterocycles. The molecule has 1 aliphatic rings. The molecular weight excluding hydrogens is 421 g/mol. The van der Waals surface area contributed by atoms with Crippen LogP contribution in [-0.4, -0.2) is 38.6 Å². The summed E-state index contributed by atoms with van der Waals surface area (Å²) in [6.07, 6.45) is 0.273. The van der Waals surface area contributed by atoms with Crippen LogP contribution in [0.25, 0.3) is 11.3 Å². The standard InChI is InChI=1S/C22H23ClFN5O2/c1-11(17-7-8-18(28-17)13-3-5-14(23)6-4-13)27-22-26-10-16(24)20(29-22)19-15(12(2)30)9-25-21(19)31/h3-8,10-12,15,19,28,30H,9H2,1-2H3,(H,25,31)(H,26,27,29)/t11-,12-,15?,19-/m1/s1. The number of aliphatic hydroxyl groups excluding tert-OH is 1. The van der Waals surface area contributed by atoms with Crippen LogP contribution >= 0.6 is 11.6 Å². The number of carbonyl (C=O) groups is 1. The molecule has 0 saturated carbocycles. The number of aromatic amines is 1. The largest absolute Gasteiger partial charge is 0.393 e. The quantitative estimate of drug-likeness (QED) is 0.465. The molecule has 4 atom stereocenters. The van der Waals surface area contributed by atoms with Gasteiger partial charge in [0.25, 0.3) is 0 Å². The van der Waals surface area contributed by atoms with Crippen molar-refractivity contribution in [1.82, 2.24) is 20.3 Å². The van der Waals surface area contributed by atoms with Crippen LogP contribution in [0.1, 0.15) is 37.2 Å². The van der Waals surface area contributed by atoms with E-state index < -0.39 is 23.8 Å². The van der Waals surface area contributed by atoms with Crippen LogP contribution in [0.5, 0.6) is 0 Å². The molecule has 7 nitrogen and oxygen atoms in total. The molecule has 3 heterocycles. The van der Waals surface area contributed by atoms with Crippen LogP contribution in [0.3, 0.4) is 0 Å². The molecule has 9 heteroatoms. The predicted molar refractivity (Wildman–Crippen MR) is 116 cm³/mol. The zero-order valence-electron chi connectivity index (χ0n) is 17.1. The zero-order valence-corrected chi connectivity index (χ0v) is 17.8. The molecule has 1 fully saturated rings. The summed E-state index contributed by atoms with van der Waals surface area (Å²) in [7, 11) is 0. The first-order chi connectivity index (χ1) is 14.8. The summed E-state index contributed by atoms with van der Waals surface area (Å²) in [5.74, 6) is -2.13. The van der Waals surface area contributed by atoms with Gasteiger partial charge in [-0.1, -0.05) is 23.7 Å². The Morgan fingerprint density at radius 2 is 1.97 bits per heavy atom. The smallest absolute Gasteiger partial charge is 0.229 e. The van der Waals surface area contributed by atoms with Gasteiger partial charge in [0.1, 0.15) is 0 Å². The Morgan fingerprint density at radius 3 is 2.68 bits per heavy atom. The van der Waals surface area contributed by atoms with E-state index in [-0.39, 0.29) is 30.1 Å². The summed E-state index contributed by atoms with van der Waals surface area (Å²) in [6.45, 7) is 3.78. The molecule has 4 rings (SSSR count). The highest BCUT2D eigenvalue weighted by atomic mass is 35.5. The summed E-state index contributed by atoms with van der Waals surface area (Å²) >= 11 is 5.95. The van der Waals surface area contributed by atoms with Gasteiger partial charge in [-0.15, -0.1) is 0 Å². The molecule has 3 aromatic rings. The Balaban J connectivity index is 1.54. The van der Waals surface area contributed by atoms with Crippen molar-refractivity contribution in [1.29, 1.82) is 0 Å². The van der Waals surface area contributed by atoms with E-state index in [2.05, 4.69) is 25.6 Å². The number of nitrogens with zero attached hydrogens (tertiary/aromatic N) is 2. The van der Waals surface area contributed by atoms with Crippen molar-refractivity contribution >= 4 is 23.5 Å². The van der Waals surface area contributed by atoms with Gasteiger partial charge in [0.2, 0.25) is 11.9 Å². The van der Waals surface area contributed by atoms with Gasteiger partial charge in [-0.05, 0) is 43.7 Å². The molecule has 1 unspecified atom stereocenters. The van der Waals surface area contributed by atoms with Crippen molar-refractivity contribution in [3.63, 3.8) is 0 Å². The Labute approximate surface area is 184 Å². The van der Waals surface area contributed by atoms with E-state index in [0.717, 1.165) is 23.1 Å². The lowest BCUT2D eigenvalue weighted by atomic mass is 9.88. The third kappa shape index (κ3) is 4.40. The van der Waals surface area contributed by atoms with E-state index in [1.807, 2.05) is 43.3 Å². The summed E-state index contributed by atoms with van der Waals surface area (Å²) in [5, 5.41) is 16.5. The fourth-order valence-corrected chi connectivity index (χ4v) is 3.94. The van der Waals surface area contributed by atoms with Gasteiger partial charge in [0.05, 0.1) is 30.0 Å². The first kappa shape index (κ1) is 21.3. The zero-order chi connectivity index (χ0) is 22.1. The normalized spacial score (nSPS) is 20.4. The van der Waals surface area contributed by atoms with Crippen LogP contribution in [0.15, 0.2) is 42.6 Å². The van der Waals surface area contributed by atoms with Gasteiger partial charge < -0.3 is 20.7 Å². The molecular formula is C22H23ClFN5O2. The number of rotatable bonds is 6. The Kier molecular flexibility index (Phi) is 5.93. The number of nitrogens with one attached hydrogen (secondary N) is 3. The maximum atomic E-state index is 14.5. The minimum Gasteiger partial charge on any atom is -0.393 e. The number of aromatic nitrogens is 3. The first-order valence-corrected chi connectivity index (χ1v) is 10.4. The van der Waals surface area contributed by atoms with Gasteiger partial charge >= 0.3 is 0 Å². The van der Waals surface area contributed by atoms with E-state index in [1.54, 1.807) is 6.92 Å². The number of H-pyrrole nitrogens is 1. The fourth-order valence-electron chi connectivity index (χ4n) is 3.82. The number of hydrogen-bond donors (Lipinski definition) is 4. The second kappa shape index (κ2) is 8.64. The average molecular weight is 444 g/mol. The minimum absolute atomic E-state index is 0.0149. The maximum Gasteiger partial charge on any atom is 0.229 e. The van der Waals surface area contributed by atoms with Gasteiger partial charge in [-0.2, -0.15) is 0 Å². The highest BCUT2D eigenvalue weighted by Gasteiger charge is 2.41. The summed E-state index contributed by atoms with van der Waals surface area (Å²) in [4.78, 5) is 23.9. The fraction of sp³-hybridized carbons (Fsp3) is 0.318. The average Bonchev–Trinajstić information content (AvgIpc) is 3.37. The molecule has 0 bridgehead atoms. The molecule has 1 saturated heterocycles. The van der Waals surface area contributed by atoms with Crippen molar-refractivity contribution in [2.75, 3.05) is 11.9 Å². The predicted octanol–water partition coefficient (Wildman–Crippen LogP) is 3.65. The topological polar surface area (TPSA) is 103 Å². The van der Waals surface area contributed by atoms with Crippen molar-refractivity contribution in [3.05, 3.63) is 64.8 Å².